The van der Waals surface area contributed by atoms with Crippen molar-refractivity contribution in [2.24, 2.45) is 0 Å². The molecule has 9 heteroatoms. The average molecular weight is 304 g/mol. The molecule has 9 nitrogen and oxygen atoms in total. The van der Waals surface area contributed by atoms with Crippen molar-refractivity contribution >= 4 is 11.6 Å². The third-order valence-electron chi connectivity index (χ3n) is 3.28. The summed E-state index contributed by atoms with van der Waals surface area (Å²) in [7, 11) is 1.59. The molecule has 2 rings (SSSR count). The minimum absolute atomic E-state index is 0.0767. The number of tetrazole rings is 1. The van der Waals surface area contributed by atoms with Crippen LogP contribution in [0.15, 0.2) is 18.2 Å². The Morgan fingerprint density at radius 1 is 1.50 bits per heavy atom. The number of carbonyl (C=O) groups is 1. The number of amides is 1. The van der Waals surface area contributed by atoms with Crippen molar-refractivity contribution in [3.8, 4) is 0 Å². The number of nitro benzene ring substituents is 1. The number of carbonyl (C=O) groups excluding carboxylic acids is 1. The maximum Gasteiger partial charge on any atom is 0.282 e. The molecule has 0 bridgehead atoms. The number of aryl methyl sites for hydroxylation is 1. The fourth-order valence-corrected chi connectivity index (χ4v) is 2.14. The molecule has 0 aliphatic carbocycles. The number of likely N-dealkylation sites (N-methyl/N-ethyl adjacent to an activating group) is 1. The molecule has 0 saturated heterocycles. The number of benzene rings is 1. The normalized spacial score (nSPS) is 12.0. The van der Waals surface area contributed by atoms with Crippen LogP contribution in [0.1, 0.15) is 34.6 Å². The Balaban J connectivity index is 2.20. The quantitative estimate of drug-likeness (QED) is 0.657. The summed E-state index contributed by atoms with van der Waals surface area (Å²) in [6.07, 6.45) is 0. The lowest BCUT2D eigenvalue weighted by Crippen LogP contribution is -2.31. The summed E-state index contributed by atoms with van der Waals surface area (Å²) in [6.45, 7) is 3.95. The third kappa shape index (κ3) is 3.25. The van der Waals surface area contributed by atoms with Crippen molar-refractivity contribution in [2.45, 2.75) is 19.8 Å². The van der Waals surface area contributed by atoms with Crippen molar-refractivity contribution in [1.82, 2.24) is 25.5 Å². The van der Waals surface area contributed by atoms with Gasteiger partial charge in [-0.3, -0.25) is 14.9 Å². The van der Waals surface area contributed by atoms with Gasteiger partial charge in [0.25, 0.3) is 11.6 Å². The number of aromatic amines is 1. The summed E-state index contributed by atoms with van der Waals surface area (Å²) in [4.78, 5) is 24.4. The van der Waals surface area contributed by atoms with E-state index < -0.39 is 10.8 Å². The van der Waals surface area contributed by atoms with Crippen LogP contribution >= 0.6 is 0 Å². The highest BCUT2D eigenvalue weighted by molar-refractivity contribution is 5.98. The van der Waals surface area contributed by atoms with E-state index in [4.69, 9.17) is 0 Å². The topological polar surface area (TPSA) is 118 Å². The number of nitrogens with one attached hydrogen (secondary N) is 1. The number of H-pyrrole nitrogens is 1. The van der Waals surface area contributed by atoms with Crippen molar-refractivity contribution < 1.29 is 9.72 Å². The van der Waals surface area contributed by atoms with Crippen molar-refractivity contribution in [3.05, 3.63) is 45.3 Å². The largest absolute Gasteiger partial charge is 0.341 e. The van der Waals surface area contributed by atoms with Crippen molar-refractivity contribution in [1.29, 1.82) is 0 Å². The van der Waals surface area contributed by atoms with E-state index >= 15 is 0 Å². The zero-order valence-corrected chi connectivity index (χ0v) is 12.5. The summed E-state index contributed by atoms with van der Waals surface area (Å²) in [5.41, 5.74) is 0.663. The molecule has 1 unspecified atom stereocenters. The first-order chi connectivity index (χ1) is 10.4. The van der Waals surface area contributed by atoms with Crippen molar-refractivity contribution in [3.63, 3.8) is 0 Å². The van der Waals surface area contributed by atoms with Gasteiger partial charge in [-0.05, 0) is 18.6 Å². The molecule has 0 aliphatic rings. The molecule has 1 N–H and O–H groups in total. The first-order valence-corrected chi connectivity index (χ1v) is 6.64. The number of hydrogen-bond donors (Lipinski definition) is 1. The van der Waals surface area contributed by atoms with Crippen LogP contribution in [0.3, 0.4) is 0 Å². The van der Waals surface area contributed by atoms with Crippen LogP contribution in [0.4, 0.5) is 5.69 Å². The molecule has 0 aliphatic heterocycles. The van der Waals surface area contributed by atoms with E-state index in [1.807, 2.05) is 6.92 Å². The molecule has 22 heavy (non-hydrogen) atoms. The number of rotatable bonds is 5. The van der Waals surface area contributed by atoms with E-state index in [1.165, 1.54) is 17.0 Å². The fourth-order valence-electron chi connectivity index (χ4n) is 2.14. The molecule has 2 aromatic rings. The van der Waals surface area contributed by atoms with Crippen molar-refractivity contribution in [2.75, 3.05) is 13.6 Å². The van der Waals surface area contributed by atoms with Crippen LogP contribution in [0.2, 0.25) is 0 Å². The molecule has 1 amide bonds. The first kappa shape index (κ1) is 15.5. The number of hydrogen-bond acceptors (Lipinski definition) is 6. The lowest BCUT2D eigenvalue weighted by molar-refractivity contribution is -0.385. The van der Waals surface area contributed by atoms with Crippen LogP contribution in [-0.2, 0) is 0 Å². The zero-order valence-electron chi connectivity index (χ0n) is 12.5. The van der Waals surface area contributed by atoms with Gasteiger partial charge in [0.1, 0.15) is 5.56 Å². The Hall–Kier alpha value is -2.84. The average Bonchev–Trinajstić information content (AvgIpc) is 3.00. The summed E-state index contributed by atoms with van der Waals surface area (Å²) < 4.78 is 0. The van der Waals surface area contributed by atoms with E-state index in [0.29, 0.717) is 12.4 Å². The van der Waals surface area contributed by atoms with Crippen LogP contribution in [0.5, 0.6) is 0 Å². The zero-order chi connectivity index (χ0) is 16.3. The Bertz CT molecular complexity index is 685. The fraction of sp³-hybridized carbons (Fsp3) is 0.385. The van der Waals surface area contributed by atoms with Gasteiger partial charge in [-0.1, -0.05) is 18.2 Å². The van der Waals surface area contributed by atoms with Gasteiger partial charge >= 0.3 is 0 Å². The molecule has 0 radical (unpaired) electrons. The first-order valence-electron chi connectivity index (χ1n) is 6.64. The maximum absolute atomic E-state index is 12.5. The molecule has 0 spiro atoms. The highest BCUT2D eigenvalue weighted by Crippen LogP contribution is 2.22. The maximum atomic E-state index is 12.5. The lowest BCUT2D eigenvalue weighted by Gasteiger charge is -2.20. The Kier molecular flexibility index (Phi) is 4.44. The van der Waals surface area contributed by atoms with Crippen LogP contribution in [0, 0.1) is 17.0 Å². The molecule has 0 fully saturated rings. The molecule has 1 aromatic heterocycles. The molecular weight excluding hydrogens is 288 g/mol. The Labute approximate surface area is 126 Å². The predicted octanol–water partition coefficient (Wildman–Crippen LogP) is 1.29. The van der Waals surface area contributed by atoms with Gasteiger partial charge in [-0.2, -0.15) is 5.21 Å². The molecular formula is C13H16N6O3. The van der Waals surface area contributed by atoms with Crippen LogP contribution in [-0.4, -0.2) is 49.9 Å². The third-order valence-corrected chi connectivity index (χ3v) is 3.28. The Morgan fingerprint density at radius 2 is 2.23 bits per heavy atom. The van der Waals surface area contributed by atoms with Gasteiger partial charge in [-0.25, -0.2) is 0 Å². The monoisotopic (exact) mass is 304 g/mol. The van der Waals surface area contributed by atoms with E-state index in [-0.39, 0.29) is 17.2 Å². The van der Waals surface area contributed by atoms with Gasteiger partial charge in [0.2, 0.25) is 0 Å². The smallest absolute Gasteiger partial charge is 0.282 e. The molecule has 1 heterocycles. The van der Waals surface area contributed by atoms with Crippen LogP contribution in [0.25, 0.3) is 0 Å². The molecule has 0 saturated carbocycles. The minimum Gasteiger partial charge on any atom is -0.341 e. The number of aromatic nitrogens is 4. The van der Waals surface area contributed by atoms with Gasteiger partial charge in [0.15, 0.2) is 5.82 Å². The summed E-state index contributed by atoms with van der Waals surface area (Å²) in [6, 6.07) is 4.48. The summed E-state index contributed by atoms with van der Waals surface area (Å²) in [5.74, 6) is -0.0688. The van der Waals surface area contributed by atoms with Gasteiger partial charge < -0.3 is 4.90 Å². The molecule has 1 atom stereocenters. The van der Waals surface area contributed by atoms with E-state index in [0.717, 1.165) is 5.56 Å². The lowest BCUT2D eigenvalue weighted by atomic mass is 10.1. The summed E-state index contributed by atoms with van der Waals surface area (Å²) >= 11 is 0. The van der Waals surface area contributed by atoms with Gasteiger partial charge in [0, 0.05) is 25.6 Å². The van der Waals surface area contributed by atoms with Gasteiger partial charge in [-0.15, -0.1) is 10.2 Å². The van der Waals surface area contributed by atoms with E-state index in [1.54, 1.807) is 20.0 Å². The van der Waals surface area contributed by atoms with Gasteiger partial charge in [0.05, 0.1) is 4.92 Å². The van der Waals surface area contributed by atoms with Crippen LogP contribution < -0.4 is 0 Å². The highest BCUT2D eigenvalue weighted by atomic mass is 16.6. The minimum atomic E-state index is -0.552. The molecule has 1 aromatic carbocycles. The Morgan fingerprint density at radius 3 is 2.82 bits per heavy atom. The number of nitrogens with zero attached hydrogens (tertiary/aromatic N) is 5. The second-order valence-electron chi connectivity index (χ2n) is 5.13. The predicted molar refractivity (Wildman–Crippen MR) is 77.4 cm³/mol. The standard InChI is InChI=1S/C13H16N6O3/c1-8-4-5-11(19(21)22)10(6-8)13(20)18(3)7-9(2)12-14-16-17-15-12/h4-6,9H,7H2,1-3H3,(H,14,15,16,17). The SMILES string of the molecule is Cc1ccc([N+](=O)[O-])c(C(=O)N(C)CC(C)c2nn[nH]n2)c1. The van der Waals surface area contributed by atoms with E-state index in [2.05, 4.69) is 20.6 Å². The summed E-state index contributed by atoms with van der Waals surface area (Å²) in [5, 5.41) is 24.6. The second-order valence-corrected chi connectivity index (χ2v) is 5.13. The second kappa shape index (κ2) is 6.29. The van der Waals surface area contributed by atoms with E-state index in [9.17, 15) is 14.9 Å². The highest BCUT2D eigenvalue weighted by Gasteiger charge is 2.24. The number of nitro groups is 1. The molecule has 116 valence electrons.